The molecule has 3 aromatic carbocycles. The Morgan fingerprint density at radius 3 is 2.65 bits per heavy atom. The van der Waals surface area contributed by atoms with Gasteiger partial charge in [0, 0.05) is 22.2 Å². The number of nitrogens with zero attached hydrogens (tertiary/aromatic N) is 1. The van der Waals surface area contributed by atoms with Crippen molar-refractivity contribution in [3.05, 3.63) is 81.3 Å². The van der Waals surface area contributed by atoms with Gasteiger partial charge in [0.1, 0.15) is 11.3 Å². The number of halogens is 3. The zero-order valence-electron chi connectivity index (χ0n) is 16.2. The molecule has 0 bridgehead atoms. The number of oxazole rings is 1. The number of carbonyl (C=O) groups is 1. The molecule has 0 aliphatic heterocycles. The van der Waals surface area contributed by atoms with Crippen LogP contribution in [-0.4, -0.2) is 18.0 Å². The molecule has 1 amide bonds. The van der Waals surface area contributed by atoms with Crippen LogP contribution in [0.5, 0.6) is 5.75 Å². The SMILES string of the molecule is COc1c(Cl)cc(Cl)cc1/C=C/C(=O)Nc1cc(-c2nc3ccccc3o2)ccc1Cl. The number of amides is 1. The van der Waals surface area contributed by atoms with E-state index in [1.807, 2.05) is 24.3 Å². The number of benzene rings is 3. The lowest BCUT2D eigenvalue weighted by molar-refractivity contribution is -0.111. The summed E-state index contributed by atoms with van der Waals surface area (Å²) in [6.07, 6.45) is 2.90. The van der Waals surface area contributed by atoms with Gasteiger partial charge >= 0.3 is 0 Å². The highest BCUT2D eigenvalue weighted by molar-refractivity contribution is 6.36. The van der Waals surface area contributed by atoms with Gasteiger partial charge in [-0.2, -0.15) is 0 Å². The van der Waals surface area contributed by atoms with E-state index in [0.29, 0.717) is 49.1 Å². The molecule has 0 saturated carbocycles. The molecule has 0 atom stereocenters. The molecule has 4 rings (SSSR count). The standard InChI is InChI=1S/C23H15Cl3N2O3/c1-30-22-13(10-15(24)12-17(22)26)7-9-21(29)27-19-11-14(6-8-16(19)25)23-28-18-4-2-3-5-20(18)31-23/h2-12H,1H3,(H,27,29)/b9-7+. The van der Waals surface area contributed by atoms with Gasteiger partial charge < -0.3 is 14.5 Å². The van der Waals surface area contributed by atoms with Crippen molar-refractivity contribution in [1.82, 2.24) is 4.98 Å². The molecule has 0 saturated heterocycles. The maximum Gasteiger partial charge on any atom is 0.248 e. The van der Waals surface area contributed by atoms with E-state index in [-0.39, 0.29) is 0 Å². The van der Waals surface area contributed by atoms with Gasteiger partial charge in [-0.1, -0.05) is 46.9 Å². The summed E-state index contributed by atoms with van der Waals surface area (Å²) in [6.45, 7) is 0. The second-order valence-electron chi connectivity index (χ2n) is 6.51. The van der Waals surface area contributed by atoms with Crippen LogP contribution in [0.3, 0.4) is 0 Å². The number of anilines is 1. The van der Waals surface area contributed by atoms with Crippen molar-refractivity contribution in [3.63, 3.8) is 0 Å². The van der Waals surface area contributed by atoms with E-state index in [2.05, 4.69) is 10.3 Å². The molecule has 5 nitrogen and oxygen atoms in total. The van der Waals surface area contributed by atoms with Crippen LogP contribution in [0.2, 0.25) is 15.1 Å². The molecule has 0 aliphatic carbocycles. The van der Waals surface area contributed by atoms with Gasteiger partial charge in [0.15, 0.2) is 5.58 Å². The number of ether oxygens (including phenoxy) is 1. The van der Waals surface area contributed by atoms with Crippen molar-refractivity contribution < 1.29 is 13.9 Å². The van der Waals surface area contributed by atoms with Crippen LogP contribution in [0.4, 0.5) is 5.69 Å². The summed E-state index contributed by atoms with van der Waals surface area (Å²) in [5, 5.41) is 3.92. The summed E-state index contributed by atoms with van der Waals surface area (Å²) >= 11 is 18.4. The number of methoxy groups -OCH3 is 1. The molecule has 1 heterocycles. The maximum absolute atomic E-state index is 12.5. The Bertz CT molecular complexity index is 1280. The zero-order chi connectivity index (χ0) is 22.0. The minimum absolute atomic E-state index is 0.351. The monoisotopic (exact) mass is 472 g/mol. The summed E-state index contributed by atoms with van der Waals surface area (Å²) in [5.74, 6) is 0.461. The Kier molecular flexibility index (Phi) is 6.18. The quantitative estimate of drug-likeness (QED) is 0.314. The third kappa shape index (κ3) is 4.69. The van der Waals surface area contributed by atoms with E-state index in [1.165, 1.54) is 13.2 Å². The molecule has 4 aromatic rings. The predicted molar refractivity (Wildman–Crippen MR) is 125 cm³/mol. The van der Waals surface area contributed by atoms with Crippen LogP contribution in [0.25, 0.3) is 28.6 Å². The van der Waals surface area contributed by atoms with Crippen molar-refractivity contribution in [2.75, 3.05) is 12.4 Å². The molecule has 8 heteroatoms. The van der Waals surface area contributed by atoms with Gasteiger partial charge in [-0.3, -0.25) is 4.79 Å². The van der Waals surface area contributed by atoms with Gasteiger partial charge in [-0.25, -0.2) is 4.98 Å². The van der Waals surface area contributed by atoms with Gasteiger partial charge in [0.25, 0.3) is 0 Å². The first kappa shape index (κ1) is 21.2. The van der Waals surface area contributed by atoms with Crippen LogP contribution >= 0.6 is 34.8 Å². The molecule has 0 spiro atoms. The van der Waals surface area contributed by atoms with E-state index in [0.717, 1.165) is 5.52 Å². The molecule has 31 heavy (non-hydrogen) atoms. The number of aromatic nitrogens is 1. The highest BCUT2D eigenvalue weighted by atomic mass is 35.5. The Labute approximate surface area is 193 Å². The Balaban J connectivity index is 1.57. The van der Waals surface area contributed by atoms with Crippen molar-refractivity contribution >= 4 is 63.6 Å². The number of rotatable bonds is 5. The predicted octanol–water partition coefficient (Wildman–Crippen LogP) is 7.12. The Morgan fingerprint density at radius 1 is 1.06 bits per heavy atom. The van der Waals surface area contributed by atoms with Crippen LogP contribution in [-0.2, 0) is 4.79 Å². The van der Waals surface area contributed by atoms with Crippen molar-refractivity contribution in [2.24, 2.45) is 0 Å². The largest absolute Gasteiger partial charge is 0.495 e. The summed E-state index contributed by atoms with van der Waals surface area (Å²) in [6, 6.07) is 15.8. The summed E-state index contributed by atoms with van der Waals surface area (Å²) in [7, 11) is 1.49. The van der Waals surface area contributed by atoms with E-state index >= 15 is 0 Å². The Morgan fingerprint density at radius 2 is 1.87 bits per heavy atom. The molecule has 0 fully saturated rings. The minimum Gasteiger partial charge on any atom is -0.495 e. The smallest absolute Gasteiger partial charge is 0.248 e. The van der Waals surface area contributed by atoms with Crippen molar-refractivity contribution in [1.29, 1.82) is 0 Å². The van der Waals surface area contributed by atoms with E-state index < -0.39 is 5.91 Å². The second-order valence-corrected chi connectivity index (χ2v) is 7.76. The van der Waals surface area contributed by atoms with Gasteiger partial charge in [0.2, 0.25) is 11.8 Å². The highest BCUT2D eigenvalue weighted by Gasteiger charge is 2.12. The van der Waals surface area contributed by atoms with Gasteiger partial charge in [-0.15, -0.1) is 0 Å². The fraction of sp³-hybridized carbons (Fsp3) is 0.0435. The van der Waals surface area contributed by atoms with Crippen molar-refractivity contribution in [2.45, 2.75) is 0 Å². The molecule has 1 N–H and O–H groups in total. The fourth-order valence-electron chi connectivity index (χ4n) is 3.01. The lowest BCUT2D eigenvalue weighted by atomic mass is 10.1. The van der Waals surface area contributed by atoms with Gasteiger partial charge in [-0.05, 0) is 48.5 Å². The zero-order valence-corrected chi connectivity index (χ0v) is 18.4. The number of nitrogens with one attached hydrogen (secondary N) is 1. The number of hydrogen-bond acceptors (Lipinski definition) is 4. The Hall–Kier alpha value is -2.99. The molecular formula is C23H15Cl3N2O3. The maximum atomic E-state index is 12.5. The topological polar surface area (TPSA) is 64.4 Å². The molecule has 0 unspecified atom stereocenters. The third-order valence-corrected chi connectivity index (χ3v) is 5.25. The molecule has 0 aliphatic rings. The number of fused-ring (bicyclic) bond motifs is 1. The number of carbonyl (C=O) groups excluding carboxylic acids is 1. The molecule has 156 valence electrons. The molecule has 1 aromatic heterocycles. The van der Waals surface area contributed by atoms with Crippen molar-refractivity contribution in [3.8, 4) is 17.2 Å². The van der Waals surface area contributed by atoms with E-state index in [9.17, 15) is 4.79 Å². The number of para-hydroxylation sites is 2. The first-order valence-corrected chi connectivity index (χ1v) is 10.3. The van der Waals surface area contributed by atoms with Crippen LogP contribution in [0.15, 0.2) is 65.1 Å². The van der Waals surface area contributed by atoms with E-state index in [4.69, 9.17) is 44.0 Å². The summed E-state index contributed by atoms with van der Waals surface area (Å²) < 4.78 is 11.1. The summed E-state index contributed by atoms with van der Waals surface area (Å²) in [5.41, 5.74) is 3.10. The van der Waals surface area contributed by atoms with Crippen LogP contribution < -0.4 is 10.1 Å². The molecule has 0 radical (unpaired) electrons. The minimum atomic E-state index is -0.394. The van der Waals surface area contributed by atoms with E-state index in [1.54, 1.807) is 36.4 Å². The normalized spacial score (nSPS) is 11.2. The first-order valence-electron chi connectivity index (χ1n) is 9.12. The number of hydrogen-bond donors (Lipinski definition) is 1. The fourth-order valence-corrected chi connectivity index (χ4v) is 3.76. The lowest BCUT2D eigenvalue weighted by Crippen LogP contribution is -2.08. The molecular weight excluding hydrogens is 459 g/mol. The average Bonchev–Trinajstić information content (AvgIpc) is 3.18. The van der Waals surface area contributed by atoms with Gasteiger partial charge in [0.05, 0.1) is 22.8 Å². The first-order chi connectivity index (χ1) is 14.9. The highest BCUT2D eigenvalue weighted by Crippen LogP contribution is 2.33. The lowest BCUT2D eigenvalue weighted by Gasteiger charge is -2.08. The third-order valence-electron chi connectivity index (χ3n) is 4.42. The average molecular weight is 474 g/mol. The summed E-state index contributed by atoms with van der Waals surface area (Å²) in [4.78, 5) is 17.0. The second kappa shape index (κ2) is 9.02. The van der Waals surface area contributed by atoms with Crippen LogP contribution in [0.1, 0.15) is 5.56 Å². The van der Waals surface area contributed by atoms with Crippen LogP contribution in [0, 0.1) is 0 Å².